The van der Waals surface area contributed by atoms with Crippen LogP contribution in [0.1, 0.15) is 28.7 Å². The summed E-state index contributed by atoms with van der Waals surface area (Å²) in [7, 11) is 4.53. The Kier molecular flexibility index (Phi) is 7.75. The molecular weight excluding hydrogens is 485 g/mol. The number of anilines is 1. The van der Waals surface area contributed by atoms with Crippen LogP contribution in [0.4, 0.5) is 5.82 Å². The van der Waals surface area contributed by atoms with E-state index in [1.54, 1.807) is 7.11 Å². The summed E-state index contributed by atoms with van der Waals surface area (Å²) in [6.07, 6.45) is 1.60. The molecule has 0 bridgehead atoms. The van der Waals surface area contributed by atoms with Crippen molar-refractivity contribution in [2.75, 3.05) is 31.7 Å². The van der Waals surface area contributed by atoms with Crippen molar-refractivity contribution in [1.29, 1.82) is 0 Å². The van der Waals surface area contributed by atoms with Gasteiger partial charge in [0.05, 0.1) is 24.3 Å². The zero-order chi connectivity index (χ0) is 25.9. The van der Waals surface area contributed by atoms with Crippen molar-refractivity contribution in [3.05, 3.63) is 70.8 Å². The van der Waals surface area contributed by atoms with Gasteiger partial charge in [0.25, 0.3) is 0 Å². The number of ether oxygens (including phenoxy) is 2. The fraction of sp³-hybridized carbons (Fsp3) is 0.379. The normalized spacial score (nSPS) is 19.1. The second kappa shape index (κ2) is 11.2. The van der Waals surface area contributed by atoms with Gasteiger partial charge < -0.3 is 24.8 Å². The van der Waals surface area contributed by atoms with Crippen LogP contribution < -0.4 is 20.3 Å². The molecule has 0 saturated carbocycles. The van der Waals surface area contributed by atoms with Gasteiger partial charge in [-0.25, -0.2) is 4.98 Å². The molecule has 3 heterocycles. The first-order valence-electron chi connectivity index (χ1n) is 12.8. The molecular formula is C29H34N3O4P. The lowest BCUT2D eigenvalue weighted by atomic mass is 9.98. The van der Waals surface area contributed by atoms with E-state index in [4.69, 9.17) is 14.5 Å². The number of carbonyl (C=O) groups is 1. The third-order valence-electron chi connectivity index (χ3n) is 7.50. The number of benzene rings is 2. The van der Waals surface area contributed by atoms with E-state index >= 15 is 0 Å². The molecule has 1 saturated heterocycles. The predicted octanol–water partition coefficient (Wildman–Crippen LogP) is 3.71. The molecule has 2 aromatic carbocycles. The van der Waals surface area contributed by atoms with E-state index in [0.717, 1.165) is 47.9 Å². The summed E-state index contributed by atoms with van der Waals surface area (Å²) in [6, 6.07) is 16.1. The summed E-state index contributed by atoms with van der Waals surface area (Å²) in [5, 5.41) is 14.4. The predicted molar refractivity (Wildman–Crippen MR) is 149 cm³/mol. The number of hydrogen-bond donors (Lipinski definition) is 2. The maximum absolute atomic E-state index is 11.8. The number of carboxylic acid groups (broad SMARTS) is 1. The van der Waals surface area contributed by atoms with Crippen molar-refractivity contribution in [1.82, 2.24) is 10.3 Å². The molecule has 3 atom stereocenters. The van der Waals surface area contributed by atoms with Gasteiger partial charge in [0.15, 0.2) is 0 Å². The lowest BCUT2D eigenvalue weighted by Crippen LogP contribution is -2.39. The van der Waals surface area contributed by atoms with E-state index in [-0.39, 0.29) is 6.04 Å². The minimum atomic E-state index is -0.790. The van der Waals surface area contributed by atoms with Crippen molar-refractivity contribution in [2.45, 2.75) is 39.0 Å². The summed E-state index contributed by atoms with van der Waals surface area (Å²) >= 11 is 0. The molecule has 1 fully saturated rings. The largest absolute Gasteiger partial charge is 0.488 e. The van der Waals surface area contributed by atoms with Crippen LogP contribution in [-0.4, -0.2) is 48.9 Å². The third kappa shape index (κ3) is 5.22. The fourth-order valence-corrected chi connectivity index (χ4v) is 6.02. The van der Waals surface area contributed by atoms with Gasteiger partial charge in [0.2, 0.25) is 0 Å². The quantitative estimate of drug-likeness (QED) is 0.439. The summed E-state index contributed by atoms with van der Waals surface area (Å²) in [5.74, 6) is 0.305. The van der Waals surface area contributed by atoms with E-state index < -0.39 is 11.9 Å². The first-order valence-corrected chi connectivity index (χ1v) is 13.3. The molecule has 7 nitrogen and oxygen atoms in total. The molecule has 2 aliphatic rings. The molecule has 37 heavy (non-hydrogen) atoms. The molecule has 0 amide bonds. The van der Waals surface area contributed by atoms with Gasteiger partial charge >= 0.3 is 5.97 Å². The highest BCUT2D eigenvalue weighted by atomic mass is 31.0. The SMILES string of the molecule is COC[C@@H]1[C@H](C(=O)O)CCN1c1cccc(-c2cccc(C)c2OCc2ccc3c(c2P)CCNC3)n1. The van der Waals surface area contributed by atoms with Crippen molar-refractivity contribution in [3.8, 4) is 17.0 Å². The minimum absolute atomic E-state index is 0.252. The molecule has 0 radical (unpaired) electrons. The molecule has 194 valence electrons. The first kappa shape index (κ1) is 25.7. The van der Waals surface area contributed by atoms with Gasteiger partial charge in [-0.15, -0.1) is 9.24 Å². The average molecular weight is 520 g/mol. The first-order chi connectivity index (χ1) is 18.0. The van der Waals surface area contributed by atoms with Crippen molar-refractivity contribution in [3.63, 3.8) is 0 Å². The number of nitrogens with zero attached hydrogens (tertiary/aromatic N) is 2. The number of methoxy groups -OCH3 is 1. The monoisotopic (exact) mass is 519 g/mol. The number of nitrogens with one attached hydrogen (secondary N) is 1. The Labute approximate surface area is 220 Å². The molecule has 3 aromatic rings. The summed E-state index contributed by atoms with van der Waals surface area (Å²) in [5.41, 5.74) is 6.69. The molecule has 2 N–H and O–H groups in total. The van der Waals surface area contributed by atoms with Gasteiger partial charge in [-0.3, -0.25) is 4.79 Å². The van der Waals surface area contributed by atoms with Crippen LogP contribution in [0.15, 0.2) is 48.5 Å². The van der Waals surface area contributed by atoms with E-state index in [1.165, 1.54) is 22.0 Å². The number of para-hydroxylation sites is 1. The fourth-order valence-electron chi connectivity index (χ4n) is 5.51. The van der Waals surface area contributed by atoms with Gasteiger partial charge in [-0.05, 0) is 72.1 Å². The number of rotatable bonds is 8. The second-order valence-electron chi connectivity index (χ2n) is 9.77. The van der Waals surface area contributed by atoms with Gasteiger partial charge in [-0.1, -0.05) is 30.3 Å². The van der Waals surface area contributed by atoms with Crippen LogP contribution in [0, 0.1) is 12.8 Å². The molecule has 0 aliphatic carbocycles. The molecule has 5 rings (SSSR count). The third-order valence-corrected chi connectivity index (χ3v) is 8.22. The summed E-state index contributed by atoms with van der Waals surface area (Å²) in [4.78, 5) is 18.8. The van der Waals surface area contributed by atoms with Crippen LogP contribution in [0.25, 0.3) is 11.3 Å². The Morgan fingerprint density at radius 1 is 1.22 bits per heavy atom. The maximum atomic E-state index is 11.8. The van der Waals surface area contributed by atoms with Crippen LogP contribution in [0.5, 0.6) is 5.75 Å². The molecule has 8 heteroatoms. The van der Waals surface area contributed by atoms with Gasteiger partial charge in [0, 0.05) is 25.8 Å². The number of pyridine rings is 1. The number of aryl methyl sites for hydroxylation is 1. The van der Waals surface area contributed by atoms with Crippen LogP contribution in [0.2, 0.25) is 0 Å². The maximum Gasteiger partial charge on any atom is 0.308 e. The number of hydrogen-bond acceptors (Lipinski definition) is 6. The minimum Gasteiger partial charge on any atom is -0.488 e. The Morgan fingerprint density at radius 3 is 2.86 bits per heavy atom. The zero-order valence-electron chi connectivity index (χ0n) is 21.4. The topological polar surface area (TPSA) is 83.9 Å². The Balaban J connectivity index is 1.42. The van der Waals surface area contributed by atoms with E-state index in [9.17, 15) is 9.90 Å². The Bertz CT molecular complexity index is 1300. The second-order valence-corrected chi connectivity index (χ2v) is 10.4. The van der Waals surface area contributed by atoms with Crippen molar-refractivity contribution in [2.24, 2.45) is 5.92 Å². The Morgan fingerprint density at radius 2 is 2.05 bits per heavy atom. The Hall–Kier alpha value is -2.99. The smallest absolute Gasteiger partial charge is 0.308 e. The van der Waals surface area contributed by atoms with Gasteiger partial charge in [-0.2, -0.15) is 0 Å². The average Bonchev–Trinajstić information content (AvgIpc) is 3.33. The molecule has 1 aromatic heterocycles. The standard InChI is InChI=1S/C29H34N3O4P/c1-18-5-3-6-22(27(18)36-16-20-10-9-19-15-30-13-11-21(19)28(20)37)24-7-4-8-26(31-24)32-14-12-23(29(33)34)25(32)17-35-2/h3-10,23,25,30H,11-17,37H2,1-2H3,(H,33,34)/t23-,25-/m1/s1. The summed E-state index contributed by atoms with van der Waals surface area (Å²) in [6.45, 7) is 5.41. The van der Waals surface area contributed by atoms with Crippen molar-refractivity contribution >= 4 is 26.3 Å². The lowest BCUT2D eigenvalue weighted by molar-refractivity contribution is -0.142. The highest BCUT2D eigenvalue weighted by molar-refractivity contribution is 7.27. The highest BCUT2D eigenvalue weighted by Gasteiger charge is 2.39. The number of aliphatic carboxylic acids is 1. The molecule has 2 aliphatic heterocycles. The van der Waals surface area contributed by atoms with E-state index in [1.807, 2.05) is 30.3 Å². The summed E-state index contributed by atoms with van der Waals surface area (Å²) < 4.78 is 11.8. The van der Waals surface area contributed by atoms with Crippen LogP contribution in [-0.2, 0) is 29.1 Å². The zero-order valence-corrected chi connectivity index (χ0v) is 22.5. The van der Waals surface area contributed by atoms with E-state index in [0.29, 0.717) is 26.2 Å². The number of aromatic nitrogens is 1. The number of fused-ring (bicyclic) bond motifs is 1. The number of carboxylic acids is 1. The van der Waals surface area contributed by atoms with Crippen LogP contribution >= 0.6 is 9.24 Å². The van der Waals surface area contributed by atoms with Gasteiger partial charge in [0.1, 0.15) is 18.2 Å². The van der Waals surface area contributed by atoms with Crippen LogP contribution in [0.3, 0.4) is 0 Å². The lowest BCUT2D eigenvalue weighted by Gasteiger charge is -2.27. The van der Waals surface area contributed by atoms with Crippen molar-refractivity contribution < 1.29 is 19.4 Å². The van der Waals surface area contributed by atoms with E-state index in [2.05, 4.69) is 44.6 Å². The molecule has 1 unspecified atom stereocenters. The highest BCUT2D eigenvalue weighted by Crippen LogP contribution is 2.35. The molecule has 0 spiro atoms.